The minimum atomic E-state index is -0.535. The molecule has 3 aromatic carbocycles. The monoisotopic (exact) mass is 565 g/mol. The number of nitrogens with one attached hydrogen (secondary N) is 1. The van der Waals surface area contributed by atoms with Gasteiger partial charge in [-0.25, -0.2) is 0 Å². The summed E-state index contributed by atoms with van der Waals surface area (Å²) in [5.74, 6) is 0.597. The number of halogens is 2. The maximum absolute atomic E-state index is 12.6. The second-order valence-electron chi connectivity index (χ2n) is 6.68. The van der Waals surface area contributed by atoms with Crippen molar-refractivity contribution >= 4 is 49.5 Å². The minimum absolute atomic E-state index is 0.0658. The molecule has 0 aliphatic rings. The second-order valence-corrected chi connectivity index (χ2v) is 8.39. The number of ether oxygens (including phenoxy) is 2. The molecule has 0 unspecified atom stereocenters. The van der Waals surface area contributed by atoms with Gasteiger partial charge in [0.2, 0.25) is 0 Å². The van der Waals surface area contributed by atoms with E-state index in [1.807, 2.05) is 42.5 Å². The summed E-state index contributed by atoms with van der Waals surface area (Å²) in [6.07, 6.45) is 1.47. The smallest absolute Gasteiger partial charge is 0.266 e. The van der Waals surface area contributed by atoms with Crippen molar-refractivity contribution in [3.8, 4) is 23.6 Å². The van der Waals surface area contributed by atoms with Crippen molar-refractivity contribution in [2.75, 3.05) is 11.9 Å². The third-order valence-corrected chi connectivity index (χ3v) is 5.52. The maximum atomic E-state index is 12.6. The van der Waals surface area contributed by atoms with Crippen LogP contribution >= 0.6 is 31.9 Å². The van der Waals surface area contributed by atoms with Crippen LogP contribution in [0.3, 0.4) is 0 Å². The first-order valence-corrected chi connectivity index (χ1v) is 11.3. The molecule has 0 heterocycles. The normalized spacial score (nSPS) is 10.6. The Morgan fingerprint density at radius 2 is 1.64 bits per heavy atom. The van der Waals surface area contributed by atoms with Crippen molar-refractivity contribution in [1.29, 1.82) is 10.5 Å². The van der Waals surface area contributed by atoms with E-state index in [-0.39, 0.29) is 12.2 Å². The highest BCUT2D eigenvalue weighted by Crippen LogP contribution is 2.35. The lowest BCUT2D eigenvalue weighted by atomic mass is 10.1. The molecule has 164 valence electrons. The number of hydrogen-bond donors (Lipinski definition) is 1. The molecule has 3 rings (SSSR count). The van der Waals surface area contributed by atoms with Gasteiger partial charge in [-0.2, -0.15) is 10.5 Å². The summed E-state index contributed by atoms with van der Waals surface area (Å²) in [5, 5.41) is 20.9. The predicted molar refractivity (Wildman–Crippen MR) is 132 cm³/mol. The molecule has 0 saturated heterocycles. The van der Waals surface area contributed by atoms with Gasteiger partial charge in [-0.05, 0) is 85.5 Å². The number of amides is 1. The van der Waals surface area contributed by atoms with Crippen LogP contribution in [0.2, 0.25) is 0 Å². The molecule has 0 aliphatic heterocycles. The number of nitrogens with zero attached hydrogens (tertiary/aromatic N) is 2. The van der Waals surface area contributed by atoms with Gasteiger partial charge in [0.1, 0.15) is 35.8 Å². The maximum Gasteiger partial charge on any atom is 0.266 e. The van der Waals surface area contributed by atoms with E-state index in [4.69, 9.17) is 14.7 Å². The topological polar surface area (TPSA) is 95.1 Å². The van der Waals surface area contributed by atoms with E-state index in [0.717, 1.165) is 5.56 Å². The number of hydrogen-bond acceptors (Lipinski definition) is 5. The highest BCUT2D eigenvalue weighted by Gasteiger charge is 2.13. The van der Waals surface area contributed by atoms with E-state index in [9.17, 15) is 10.1 Å². The fourth-order valence-electron chi connectivity index (χ4n) is 2.79. The van der Waals surface area contributed by atoms with Crippen LogP contribution in [-0.4, -0.2) is 12.5 Å². The van der Waals surface area contributed by atoms with Crippen molar-refractivity contribution in [3.63, 3.8) is 0 Å². The van der Waals surface area contributed by atoms with E-state index < -0.39 is 5.91 Å². The zero-order valence-electron chi connectivity index (χ0n) is 17.2. The van der Waals surface area contributed by atoms with Gasteiger partial charge in [-0.3, -0.25) is 4.79 Å². The largest absolute Gasteiger partial charge is 0.489 e. The van der Waals surface area contributed by atoms with Crippen molar-refractivity contribution in [2.45, 2.75) is 6.61 Å². The van der Waals surface area contributed by atoms with Crippen molar-refractivity contribution in [3.05, 3.63) is 92.4 Å². The van der Waals surface area contributed by atoms with Gasteiger partial charge in [-0.1, -0.05) is 30.3 Å². The summed E-state index contributed by atoms with van der Waals surface area (Å²) in [6, 6.07) is 24.0. The summed E-state index contributed by atoms with van der Waals surface area (Å²) in [5.41, 5.74) is 2.13. The van der Waals surface area contributed by atoms with Gasteiger partial charge < -0.3 is 14.8 Å². The number of carbonyl (C=O) groups is 1. The van der Waals surface area contributed by atoms with Crippen molar-refractivity contribution in [2.24, 2.45) is 0 Å². The fourth-order valence-corrected chi connectivity index (χ4v) is 4.25. The zero-order chi connectivity index (χ0) is 23.6. The van der Waals surface area contributed by atoms with Gasteiger partial charge in [0.25, 0.3) is 5.91 Å². The summed E-state index contributed by atoms with van der Waals surface area (Å²) in [7, 11) is 0. The number of anilines is 1. The van der Waals surface area contributed by atoms with Gasteiger partial charge >= 0.3 is 0 Å². The van der Waals surface area contributed by atoms with Crippen LogP contribution in [0.15, 0.2) is 81.2 Å². The minimum Gasteiger partial charge on any atom is -0.489 e. The average Bonchev–Trinajstić information content (AvgIpc) is 2.82. The molecule has 0 spiro atoms. The number of carbonyl (C=O) groups excluding carboxylic acids is 1. The van der Waals surface area contributed by atoms with Gasteiger partial charge in [0.05, 0.1) is 8.95 Å². The molecule has 6 nitrogen and oxygen atoms in total. The van der Waals surface area contributed by atoms with Crippen LogP contribution in [0, 0.1) is 22.7 Å². The van der Waals surface area contributed by atoms with Crippen LogP contribution in [-0.2, 0) is 11.4 Å². The quantitative estimate of drug-likeness (QED) is 0.257. The van der Waals surface area contributed by atoms with E-state index in [2.05, 4.69) is 37.2 Å². The Bertz CT molecular complexity index is 1220. The van der Waals surface area contributed by atoms with Gasteiger partial charge in [0, 0.05) is 5.69 Å². The van der Waals surface area contributed by atoms with E-state index in [0.29, 0.717) is 38.3 Å². The molecule has 0 saturated carbocycles. The first kappa shape index (κ1) is 24.1. The molecule has 0 fully saturated rings. The molecule has 1 N–H and O–H groups in total. The van der Waals surface area contributed by atoms with E-state index in [1.54, 1.807) is 36.4 Å². The zero-order valence-corrected chi connectivity index (χ0v) is 20.4. The van der Waals surface area contributed by atoms with E-state index in [1.165, 1.54) is 6.08 Å². The molecule has 0 bridgehead atoms. The summed E-state index contributed by atoms with van der Waals surface area (Å²) in [6.45, 7) is 0.341. The van der Waals surface area contributed by atoms with Crippen LogP contribution < -0.4 is 14.8 Å². The Hall–Kier alpha value is -3.59. The molecule has 0 aromatic heterocycles. The average molecular weight is 567 g/mol. The van der Waals surface area contributed by atoms with E-state index >= 15 is 0 Å². The van der Waals surface area contributed by atoms with Gasteiger partial charge in [0.15, 0.2) is 6.61 Å². The molecular formula is C25H17Br2N3O3. The fraction of sp³-hybridized carbons (Fsp3) is 0.0800. The van der Waals surface area contributed by atoms with Crippen LogP contribution in [0.4, 0.5) is 5.69 Å². The first-order chi connectivity index (χ1) is 16.0. The van der Waals surface area contributed by atoms with Crippen LogP contribution in [0.5, 0.6) is 11.5 Å². The molecule has 1 amide bonds. The lowest BCUT2D eigenvalue weighted by molar-refractivity contribution is -0.112. The second kappa shape index (κ2) is 11.9. The highest BCUT2D eigenvalue weighted by molar-refractivity contribution is 9.11. The molecule has 8 heteroatoms. The third-order valence-electron chi connectivity index (χ3n) is 4.34. The molecule has 3 aromatic rings. The molecular weight excluding hydrogens is 550 g/mol. The highest BCUT2D eigenvalue weighted by atomic mass is 79.9. The number of nitriles is 2. The molecule has 0 aliphatic carbocycles. The summed E-state index contributed by atoms with van der Waals surface area (Å²) in [4.78, 5) is 12.6. The first-order valence-electron chi connectivity index (χ1n) is 9.69. The molecule has 0 atom stereocenters. The Kier molecular flexibility index (Phi) is 8.65. The summed E-state index contributed by atoms with van der Waals surface area (Å²) >= 11 is 6.75. The lowest BCUT2D eigenvalue weighted by Crippen LogP contribution is -2.13. The number of benzene rings is 3. The summed E-state index contributed by atoms with van der Waals surface area (Å²) < 4.78 is 12.3. The predicted octanol–water partition coefficient (Wildman–Crippen LogP) is 6.24. The van der Waals surface area contributed by atoms with Gasteiger partial charge in [-0.15, -0.1) is 0 Å². The lowest BCUT2D eigenvalue weighted by Gasteiger charge is -2.10. The van der Waals surface area contributed by atoms with Crippen LogP contribution in [0.25, 0.3) is 6.08 Å². The Balaban J connectivity index is 1.66. The van der Waals surface area contributed by atoms with Crippen molar-refractivity contribution < 1.29 is 14.3 Å². The standard InChI is InChI=1S/C25H17Br2N3O3/c26-22-13-18(14-23(27)24(22)32-11-10-28)12-19(15-29)25(31)30-20-6-8-21(9-7-20)33-16-17-4-2-1-3-5-17/h1-9,12-14H,11,16H2,(H,30,31)/b19-12+. The Morgan fingerprint density at radius 1 is 0.970 bits per heavy atom. The van der Waals surface area contributed by atoms with Crippen molar-refractivity contribution in [1.82, 2.24) is 0 Å². The van der Waals surface area contributed by atoms with Crippen LogP contribution in [0.1, 0.15) is 11.1 Å². The Morgan fingerprint density at radius 3 is 2.24 bits per heavy atom. The third kappa shape index (κ3) is 6.95. The SMILES string of the molecule is N#CCOc1c(Br)cc(/C=C(\C#N)C(=O)Nc2ccc(OCc3ccccc3)cc2)cc1Br. The molecule has 0 radical (unpaired) electrons. The number of rotatable bonds is 8. The Labute approximate surface area is 208 Å². The molecule has 33 heavy (non-hydrogen) atoms.